The predicted molar refractivity (Wildman–Crippen MR) is 122 cm³/mol. The van der Waals surface area contributed by atoms with Gasteiger partial charge in [0.1, 0.15) is 11.8 Å². The Morgan fingerprint density at radius 3 is 2.80 bits per heavy atom. The largest absolute Gasteiger partial charge is 0.363 e. The molecule has 5 atom stereocenters. The molecule has 2 aromatic heterocycles. The number of hydrogen-bond acceptors (Lipinski definition) is 4. The maximum atomic E-state index is 4.58. The summed E-state index contributed by atoms with van der Waals surface area (Å²) in [6, 6.07) is 0. The number of allylic oxidation sites excluding steroid dienone is 1. The monoisotopic (exact) mass is 407 g/mol. The molecule has 162 valence electrons. The minimum Gasteiger partial charge on any atom is -0.363 e. The molecule has 5 nitrogen and oxygen atoms in total. The topological polar surface area (TPSA) is 55.6 Å². The van der Waals surface area contributed by atoms with Crippen molar-refractivity contribution in [2.75, 3.05) is 5.32 Å². The first-order valence-corrected chi connectivity index (χ1v) is 11.9. The molecule has 2 fully saturated rings. The number of imidazole rings is 1. The lowest BCUT2D eigenvalue weighted by Gasteiger charge is -2.59. The molecule has 0 amide bonds. The number of nitrogens with one attached hydrogen (secondary N) is 1. The molecule has 0 spiro atoms. The van der Waals surface area contributed by atoms with Crippen molar-refractivity contribution in [3.05, 3.63) is 24.8 Å². The lowest BCUT2D eigenvalue weighted by atomic mass is 9.46. The maximum Gasteiger partial charge on any atom is 0.182 e. The highest BCUT2D eigenvalue weighted by molar-refractivity contribution is 5.83. The van der Waals surface area contributed by atoms with Gasteiger partial charge in [-0.3, -0.25) is 0 Å². The van der Waals surface area contributed by atoms with Crippen molar-refractivity contribution in [1.29, 1.82) is 0 Å². The Morgan fingerprint density at radius 1 is 1.13 bits per heavy atom. The highest BCUT2D eigenvalue weighted by Gasteiger charge is 2.54. The van der Waals surface area contributed by atoms with E-state index in [0.29, 0.717) is 10.8 Å². The Hall–Kier alpha value is -1.91. The van der Waals surface area contributed by atoms with Crippen molar-refractivity contribution in [3.63, 3.8) is 0 Å². The summed E-state index contributed by atoms with van der Waals surface area (Å²) in [6.07, 6.45) is 13.6. The molecule has 0 unspecified atom stereocenters. The Balaban J connectivity index is 1.40. The van der Waals surface area contributed by atoms with Crippen LogP contribution in [0.4, 0.5) is 5.82 Å². The van der Waals surface area contributed by atoms with E-state index in [1.807, 2.05) is 6.33 Å². The van der Waals surface area contributed by atoms with Crippen LogP contribution in [0, 0.1) is 22.7 Å². The van der Waals surface area contributed by atoms with Crippen molar-refractivity contribution in [3.8, 4) is 0 Å². The summed E-state index contributed by atoms with van der Waals surface area (Å²) in [6.45, 7) is 15.5. The lowest BCUT2D eigenvalue weighted by Crippen LogP contribution is -2.51. The summed E-state index contributed by atoms with van der Waals surface area (Å²) in [5.74, 6) is 2.46. The van der Waals surface area contributed by atoms with Gasteiger partial charge in [-0.2, -0.15) is 0 Å². The van der Waals surface area contributed by atoms with Crippen LogP contribution in [-0.4, -0.2) is 25.1 Å². The average Bonchev–Trinajstić information content (AvgIpc) is 3.08. The van der Waals surface area contributed by atoms with E-state index in [4.69, 9.17) is 0 Å². The number of aromatic nitrogens is 4. The van der Waals surface area contributed by atoms with Gasteiger partial charge in [0.2, 0.25) is 0 Å². The number of rotatable bonds is 3. The second kappa shape index (κ2) is 6.80. The lowest BCUT2D eigenvalue weighted by molar-refractivity contribution is -0.0579. The molecule has 0 aromatic carbocycles. The van der Waals surface area contributed by atoms with Gasteiger partial charge >= 0.3 is 0 Å². The van der Waals surface area contributed by atoms with Gasteiger partial charge in [0, 0.05) is 12.1 Å². The third-order valence-corrected chi connectivity index (χ3v) is 9.52. The molecular weight excluding hydrogens is 370 g/mol. The summed E-state index contributed by atoms with van der Waals surface area (Å²) in [5, 5.41) is 3.82. The first-order chi connectivity index (χ1) is 14.3. The second-order valence-corrected chi connectivity index (χ2v) is 11.2. The number of nitrogens with zero attached hydrogens (tertiary/aromatic N) is 4. The summed E-state index contributed by atoms with van der Waals surface area (Å²) in [7, 11) is 0. The molecule has 2 saturated carbocycles. The minimum atomic E-state index is 0.0303. The van der Waals surface area contributed by atoms with Gasteiger partial charge in [0.15, 0.2) is 11.5 Å². The molecule has 2 aromatic rings. The van der Waals surface area contributed by atoms with Crippen LogP contribution in [0.15, 0.2) is 24.8 Å². The van der Waals surface area contributed by atoms with Gasteiger partial charge in [-0.15, -0.1) is 0 Å². The van der Waals surface area contributed by atoms with Gasteiger partial charge in [0.25, 0.3) is 0 Å². The number of fused-ring (bicyclic) bond motifs is 1. The van der Waals surface area contributed by atoms with Gasteiger partial charge < -0.3 is 9.88 Å². The van der Waals surface area contributed by atoms with Crippen LogP contribution in [0.3, 0.4) is 0 Å². The normalized spacial score (nSPS) is 38.7. The Labute approximate surface area is 180 Å². The summed E-state index contributed by atoms with van der Waals surface area (Å²) in [5.41, 5.74) is 4.09. The highest BCUT2D eigenvalue weighted by Crippen LogP contribution is 2.63. The second-order valence-electron chi connectivity index (χ2n) is 11.2. The van der Waals surface area contributed by atoms with Crippen LogP contribution in [0.1, 0.15) is 79.1 Å². The average molecular weight is 408 g/mol. The van der Waals surface area contributed by atoms with E-state index in [1.165, 1.54) is 44.1 Å². The quantitative estimate of drug-likeness (QED) is 0.636. The molecule has 0 saturated heterocycles. The first kappa shape index (κ1) is 20.0. The fraction of sp³-hybridized carbons (Fsp3) is 0.720. The third-order valence-electron chi connectivity index (χ3n) is 9.52. The third kappa shape index (κ3) is 2.91. The molecule has 30 heavy (non-hydrogen) atoms. The molecule has 2 aliphatic carbocycles. The predicted octanol–water partition coefficient (Wildman–Crippen LogP) is 5.98. The zero-order chi connectivity index (χ0) is 21.1. The zero-order valence-electron chi connectivity index (χ0n) is 19.2. The Kier molecular flexibility index (Phi) is 4.53. The zero-order valence-corrected chi connectivity index (χ0v) is 19.2. The molecule has 1 aliphatic heterocycles. The van der Waals surface area contributed by atoms with Crippen molar-refractivity contribution < 1.29 is 0 Å². The molecular formula is C25H37N5. The summed E-state index contributed by atoms with van der Waals surface area (Å²) in [4.78, 5) is 13.4. The molecule has 3 heterocycles. The standard InChI is InChI=1S/C25H37N5/c1-17-7-6-8-19-24(17,4)10-9-18(2)25(19,5)12-11-23(3)13-14-30-16-28-21-20(30)22(29-23)27-15-26-21/h15-16,18-19H,1,6-14H2,2-5H3,(H,26,27,29)/t18-,19+,23+,24+,25+/m1/s1. The van der Waals surface area contributed by atoms with E-state index < -0.39 is 0 Å². The van der Waals surface area contributed by atoms with Crippen LogP contribution in [0.2, 0.25) is 0 Å². The SMILES string of the molecule is C=C1CCC[C@@H]2[C@@](C)(CC[C@@]3(C)CCn4cnc5ncnc(c54)N3)[C@H](C)CC[C@@]12C. The molecule has 3 aliphatic rings. The van der Waals surface area contributed by atoms with Crippen LogP contribution in [0.25, 0.3) is 11.2 Å². The molecule has 5 heteroatoms. The van der Waals surface area contributed by atoms with Gasteiger partial charge in [0.05, 0.1) is 6.33 Å². The van der Waals surface area contributed by atoms with E-state index in [1.54, 1.807) is 6.33 Å². The van der Waals surface area contributed by atoms with Gasteiger partial charge in [-0.25, -0.2) is 15.0 Å². The summed E-state index contributed by atoms with van der Waals surface area (Å²) < 4.78 is 2.22. The van der Waals surface area contributed by atoms with E-state index in [0.717, 1.165) is 48.2 Å². The molecule has 1 N–H and O–H groups in total. The van der Waals surface area contributed by atoms with Crippen LogP contribution in [-0.2, 0) is 6.54 Å². The van der Waals surface area contributed by atoms with Crippen molar-refractivity contribution in [1.82, 2.24) is 19.5 Å². The van der Waals surface area contributed by atoms with Gasteiger partial charge in [-0.1, -0.05) is 32.9 Å². The van der Waals surface area contributed by atoms with Gasteiger partial charge in [-0.05, 0) is 81.0 Å². The van der Waals surface area contributed by atoms with Crippen molar-refractivity contribution in [2.24, 2.45) is 22.7 Å². The smallest absolute Gasteiger partial charge is 0.182 e. The fourth-order valence-electron chi connectivity index (χ4n) is 7.01. The van der Waals surface area contributed by atoms with E-state index >= 15 is 0 Å². The first-order valence-electron chi connectivity index (χ1n) is 11.9. The highest BCUT2D eigenvalue weighted by atomic mass is 15.2. The van der Waals surface area contributed by atoms with Crippen molar-refractivity contribution in [2.45, 2.75) is 91.1 Å². The van der Waals surface area contributed by atoms with E-state index in [2.05, 4.69) is 59.1 Å². The number of aryl methyl sites for hydroxylation is 1. The minimum absolute atomic E-state index is 0.0303. The fourth-order valence-corrected chi connectivity index (χ4v) is 7.01. The number of hydrogen-bond donors (Lipinski definition) is 1. The van der Waals surface area contributed by atoms with E-state index in [9.17, 15) is 0 Å². The van der Waals surface area contributed by atoms with Crippen LogP contribution >= 0.6 is 0 Å². The Bertz CT molecular complexity index is 979. The Morgan fingerprint density at radius 2 is 1.97 bits per heavy atom. The molecule has 0 radical (unpaired) electrons. The number of anilines is 1. The molecule has 5 rings (SSSR count). The molecule has 0 bridgehead atoms. The maximum absolute atomic E-state index is 4.58. The van der Waals surface area contributed by atoms with Crippen molar-refractivity contribution >= 4 is 17.0 Å². The van der Waals surface area contributed by atoms with E-state index in [-0.39, 0.29) is 5.54 Å². The van der Waals surface area contributed by atoms with Crippen LogP contribution in [0.5, 0.6) is 0 Å². The van der Waals surface area contributed by atoms with Crippen LogP contribution < -0.4 is 5.32 Å². The summed E-state index contributed by atoms with van der Waals surface area (Å²) >= 11 is 0.